The van der Waals surface area contributed by atoms with Crippen LogP contribution < -0.4 is 10.5 Å². The van der Waals surface area contributed by atoms with Crippen molar-refractivity contribution in [2.75, 3.05) is 0 Å². The van der Waals surface area contributed by atoms with Gasteiger partial charge in [-0.15, -0.1) is 0 Å². The number of nitrogens with one attached hydrogen (secondary N) is 1. The Bertz CT molecular complexity index is 1650. The van der Waals surface area contributed by atoms with Gasteiger partial charge in [0, 0.05) is 34.0 Å². The molecule has 0 radical (unpaired) electrons. The fourth-order valence-electron chi connectivity index (χ4n) is 4.66. The fourth-order valence-corrected chi connectivity index (χ4v) is 5.56. The molecule has 0 spiro atoms. The van der Waals surface area contributed by atoms with Crippen molar-refractivity contribution in [2.45, 2.75) is 42.9 Å². The second-order valence-electron chi connectivity index (χ2n) is 8.99. The molecular weight excluding hydrogens is 543 g/mol. The maximum Gasteiger partial charge on any atom is 0.416 e. The van der Waals surface area contributed by atoms with Gasteiger partial charge in [-0.2, -0.15) is 18.3 Å². The summed E-state index contributed by atoms with van der Waals surface area (Å²) < 4.78 is 65.9. The first kappa shape index (κ1) is 26.1. The van der Waals surface area contributed by atoms with E-state index in [1.165, 1.54) is 18.3 Å². The van der Waals surface area contributed by atoms with E-state index in [0.29, 0.717) is 16.1 Å². The van der Waals surface area contributed by atoms with Gasteiger partial charge in [0.1, 0.15) is 5.56 Å². The molecule has 8 nitrogen and oxygen atoms in total. The maximum absolute atomic E-state index is 13.3. The highest BCUT2D eigenvalue weighted by Gasteiger charge is 2.33. The molecule has 0 atom stereocenters. The van der Waals surface area contributed by atoms with E-state index in [9.17, 15) is 26.4 Å². The van der Waals surface area contributed by atoms with E-state index < -0.39 is 32.7 Å². The van der Waals surface area contributed by atoms with Crippen molar-refractivity contribution in [2.24, 2.45) is 5.14 Å². The number of fused-ring (bicyclic) bond motifs is 1. The van der Waals surface area contributed by atoms with E-state index in [4.69, 9.17) is 16.7 Å². The molecule has 3 N–H and O–H groups in total. The number of rotatable bonds is 5. The lowest BCUT2D eigenvalue weighted by Crippen LogP contribution is -2.33. The van der Waals surface area contributed by atoms with Crippen molar-refractivity contribution in [1.82, 2.24) is 19.9 Å². The SMILES string of the molecule is NS(=O)(=O)c1nn2c(-c3ccc(C(F)(F)F)cc3)c(-c3ccccc3Cl)cnc2c1C(=O)NC1CCCC1. The van der Waals surface area contributed by atoms with E-state index >= 15 is 0 Å². The molecule has 1 amide bonds. The van der Waals surface area contributed by atoms with Crippen molar-refractivity contribution >= 4 is 33.2 Å². The van der Waals surface area contributed by atoms with Crippen molar-refractivity contribution in [3.05, 3.63) is 70.9 Å². The summed E-state index contributed by atoms with van der Waals surface area (Å²) in [5, 5.41) is 12.1. The number of aromatic nitrogens is 3. The molecule has 0 saturated heterocycles. The van der Waals surface area contributed by atoms with Gasteiger partial charge in [-0.05, 0) is 31.0 Å². The minimum absolute atomic E-state index is 0.116. The third kappa shape index (κ3) is 4.86. The first-order valence-corrected chi connectivity index (χ1v) is 13.6. The Labute approximate surface area is 220 Å². The predicted molar refractivity (Wildman–Crippen MR) is 135 cm³/mol. The summed E-state index contributed by atoms with van der Waals surface area (Å²) in [6.45, 7) is 0. The van der Waals surface area contributed by atoms with Crippen molar-refractivity contribution in [3.63, 3.8) is 0 Å². The Morgan fingerprint density at radius 3 is 2.32 bits per heavy atom. The standard InChI is InChI=1S/C25H21ClF3N5O3S/c26-19-8-4-3-7-17(19)18-13-31-22-20(23(35)32-16-5-1-2-6-16)24(38(30,36)37)33-34(22)21(18)14-9-11-15(12-10-14)25(27,28)29/h3-4,7-13,16H,1-2,5-6H2,(H,32,35)(H2,30,36,37). The van der Waals surface area contributed by atoms with Gasteiger partial charge < -0.3 is 5.32 Å². The van der Waals surface area contributed by atoms with Crippen LogP contribution in [-0.2, 0) is 16.2 Å². The van der Waals surface area contributed by atoms with Crippen LogP contribution in [0, 0.1) is 0 Å². The molecule has 5 rings (SSSR count). The molecule has 2 aromatic heterocycles. The maximum atomic E-state index is 13.3. The third-order valence-corrected chi connectivity index (χ3v) is 7.60. The molecule has 4 aromatic rings. The zero-order valence-electron chi connectivity index (χ0n) is 19.7. The first-order valence-electron chi connectivity index (χ1n) is 11.6. The fraction of sp³-hybridized carbons (Fsp3) is 0.240. The van der Waals surface area contributed by atoms with Gasteiger partial charge >= 0.3 is 6.18 Å². The molecule has 1 fully saturated rings. The zero-order valence-corrected chi connectivity index (χ0v) is 21.2. The minimum Gasteiger partial charge on any atom is -0.349 e. The summed E-state index contributed by atoms with van der Waals surface area (Å²) >= 11 is 6.42. The Hall–Kier alpha value is -3.48. The number of hydrogen-bond acceptors (Lipinski definition) is 5. The van der Waals surface area contributed by atoms with Crippen molar-refractivity contribution in [1.29, 1.82) is 0 Å². The molecule has 0 unspecified atom stereocenters. The molecule has 1 aliphatic carbocycles. The Kier molecular flexibility index (Phi) is 6.66. The van der Waals surface area contributed by atoms with Crippen LogP contribution in [0.15, 0.2) is 59.8 Å². The van der Waals surface area contributed by atoms with Crippen LogP contribution in [0.25, 0.3) is 28.0 Å². The molecular formula is C25H21ClF3N5O3S. The highest BCUT2D eigenvalue weighted by Crippen LogP contribution is 2.38. The number of halogens is 4. The van der Waals surface area contributed by atoms with Crippen LogP contribution in [0.1, 0.15) is 41.6 Å². The van der Waals surface area contributed by atoms with Gasteiger partial charge in [-0.25, -0.2) is 23.1 Å². The lowest BCUT2D eigenvalue weighted by Gasteiger charge is -2.15. The number of alkyl halides is 3. The summed E-state index contributed by atoms with van der Waals surface area (Å²) in [5.41, 5.74) is -0.0491. The number of nitrogens with zero attached hydrogens (tertiary/aromatic N) is 3. The largest absolute Gasteiger partial charge is 0.416 e. The van der Waals surface area contributed by atoms with Gasteiger partial charge in [0.2, 0.25) is 5.03 Å². The van der Waals surface area contributed by atoms with E-state index in [1.54, 1.807) is 24.3 Å². The molecule has 1 saturated carbocycles. The average molecular weight is 564 g/mol. The molecule has 13 heteroatoms. The quantitative estimate of drug-likeness (QED) is 0.352. The van der Waals surface area contributed by atoms with E-state index in [-0.39, 0.29) is 28.5 Å². The van der Waals surface area contributed by atoms with Crippen molar-refractivity contribution < 1.29 is 26.4 Å². The number of nitrogens with two attached hydrogens (primary N) is 1. The number of carbonyl (C=O) groups is 1. The van der Waals surface area contributed by atoms with Gasteiger partial charge in [-0.3, -0.25) is 4.79 Å². The number of primary sulfonamides is 1. The molecule has 198 valence electrons. The molecule has 2 aromatic carbocycles. The number of hydrogen-bond donors (Lipinski definition) is 2. The van der Waals surface area contributed by atoms with Crippen LogP contribution in [0.5, 0.6) is 0 Å². The number of benzene rings is 2. The van der Waals surface area contributed by atoms with Crippen molar-refractivity contribution in [3.8, 4) is 22.4 Å². The van der Waals surface area contributed by atoms with Crippen LogP contribution in [0.3, 0.4) is 0 Å². The summed E-state index contributed by atoms with van der Waals surface area (Å²) in [5.74, 6) is -0.702. The van der Waals surface area contributed by atoms with Crippen LogP contribution in [-0.4, -0.2) is 35.0 Å². The molecule has 0 bridgehead atoms. The van der Waals surface area contributed by atoms with Gasteiger partial charge in [0.25, 0.3) is 15.9 Å². The average Bonchev–Trinajstić information content (AvgIpc) is 3.51. The predicted octanol–water partition coefficient (Wildman–Crippen LogP) is 5.06. The zero-order chi connectivity index (χ0) is 27.2. The number of carbonyl (C=O) groups excluding carboxylic acids is 1. The smallest absolute Gasteiger partial charge is 0.349 e. The number of sulfonamides is 1. The van der Waals surface area contributed by atoms with Crippen LogP contribution in [0.4, 0.5) is 13.2 Å². The Morgan fingerprint density at radius 2 is 1.71 bits per heavy atom. The highest BCUT2D eigenvalue weighted by molar-refractivity contribution is 7.89. The normalized spacial score (nSPS) is 14.8. The second-order valence-corrected chi connectivity index (χ2v) is 10.9. The minimum atomic E-state index is -4.56. The lowest BCUT2D eigenvalue weighted by molar-refractivity contribution is -0.137. The summed E-state index contributed by atoms with van der Waals surface area (Å²) in [6, 6.07) is 10.8. The van der Waals surface area contributed by atoms with Gasteiger partial charge in [-0.1, -0.05) is 54.8 Å². The number of amides is 1. The first-order chi connectivity index (χ1) is 17.9. The summed E-state index contributed by atoms with van der Waals surface area (Å²) in [6.07, 6.45) is 0.172. The van der Waals surface area contributed by atoms with E-state index in [1.807, 2.05) is 0 Å². The Balaban J connectivity index is 1.80. The van der Waals surface area contributed by atoms with Crippen LogP contribution in [0.2, 0.25) is 5.02 Å². The lowest BCUT2D eigenvalue weighted by atomic mass is 9.99. The highest BCUT2D eigenvalue weighted by atomic mass is 35.5. The van der Waals surface area contributed by atoms with E-state index in [0.717, 1.165) is 42.3 Å². The third-order valence-electron chi connectivity index (χ3n) is 6.45. The topological polar surface area (TPSA) is 119 Å². The molecule has 1 aliphatic rings. The monoisotopic (exact) mass is 563 g/mol. The molecule has 2 heterocycles. The molecule has 38 heavy (non-hydrogen) atoms. The summed E-state index contributed by atoms with van der Waals surface area (Å²) in [4.78, 5) is 17.6. The Morgan fingerprint density at radius 1 is 1.05 bits per heavy atom. The summed E-state index contributed by atoms with van der Waals surface area (Å²) in [7, 11) is -4.49. The van der Waals surface area contributed by atoms with E-state index in [2.05, 4.69) is 15.4 Å². The van der Waals surface area contributed by atoms with Gasteiger partial charge in [0.15, 0.2) is 5.65 Å². The van der Waals surface area contributed by atoms with Gasteiger partial charge in [0.05, 0.1) is 11.3 Å². The second kappa shape index (κ2) is 9.68. The van der Waals surface area contributed by atoms with Crippen LogP contribution >= 0.6 is 11.6 Å². The molecule has 0 aliphatic heterocycles.